The van der Waals surface area contributed by atoms with Gasteiger partial charge >= 0.3 is 0 Å². The van der Waals surface area contributed by atoms with Crippen molar-refractivity contribution in [2.24, 2.45) is 5.73 Å². The SMILES string of the molecule is Cc1nn2ccc(OCc3ccccc3F)cc2c1C(=O)NC(C)(CO)C(N)O. The van der Waals surface area contributed by atoms with E-state index in [0.29, 0.717) is 22.5 Å². The molecule has 0 radical (unpaired) electrons. The van der Waals surface area contributed by atoms with Crippen LogP contribution in [0.25, 0.3) is 5.52 Å². The van der Waals surface area contributed by atoms with E-state index in [1.165, 1.54) is 17.5 Å². The number of aliphatic hydroxyl groups excluding tert-OH is 2. The van der Waals surface area contributed by atoms with E-state index in [9.17, 15) is 19.4 Å². The molecule has 1 aromatic carbocycles. The van der Waals surface area contributed by atoms with E-state index >= 15 is 0 Å². The lowest BCUT2D eigenvalue weighted by atomic mass is 10.0. The number of nitrogens with two attached hydrogens (primary N) is 1. The molecule has 0 aliphatic rings. The Balaban J connectivity index is 1.88. The van der Waals surface area contributed by atoms with Crippen LogP contribution in [0.5, 0.6) is 5.75 Å². The summed E-state index contributed by atoms with van der Waals surface area (Å²) in [7, 11) is 0. The van der Waals surface area contributed by atoms with Gasteiger partial charge in [-0.05, 0) is 26.0 Å². The summed E-state index contributed by atoms with van der Waals surface area (Å²) >= 11 is 0. The van der Waals surface area contributed by atoms with E-state index in [1.54, 1.807) is 43.5 Å². The molecule has 8 nitrogen and oxygen atoms in total. The molecule has 2 aromatic heterocycles. The van der Waals surface area contributed by atoms with Crippen molar-refractivity contribution < 1.29 is 24.1 Å². The number of rotatable bonds is 7. The lowest BCUT2D eigenvalue weighted by Gasteiger charge is -2.31. The Hall–Kier alpha value is -3.01. The lowest BCUT2D eigenvalue weighted by molar-refractivity contribution is 0.0308. The fourth-order valence-electron chi connectivity index (χ4n) is 2.82. The van der Waals surface area contributed by atoms with Crippen molar-refractivity contribution in [1.82, 2.24) is 14.9 Å². The van der Waals surface area contributed by atoms with Crippen LogP contribution in [0.1, 0.15) is 28.5 Å². The number of aromatic nitrogens is 2. The van der Waals surface area contributed by atoms with Crippen molar-refractivity contribution in [2.45, 2.75) is 32.2 Å². The van der Waals surface area contributed by atoms with Gasteiger partial charge in [-0.15, -0.1) is 0 Å². The number of hydrogen-bond donors (Lipinski definition) is 4. The predicted octanol–water partition coefficient (Wildman–Crippen LogP) is 1.12. The van der Waals surface area contributed by atoms with Crippen LogP contribution in [-0.4, -0.2) is 44.1 Å². The topological polar surface area (TPSA) is 122 Å². The van der Waals surface area contributed by atoms with Gasteiger partial charge in [0, 0.05) is 17.8 Å². The zero-order valence-electron chi connectivity index (χ0n) is 16.1. The van der Waals surface area contributed by atoms with Crippen molar-refractivity contribution >= 4 is 11.4 Å². The Morgan fingerprint density at radius 3 is 2.79 bits per heavy atom. The molecular weight excluding hydrogens is 379 g/mol. The van der Waals surface area contributed by atoms with E-state index in [2.05, 4.69) is 10.4 Å². The van der Waals surface area contributed by atoms with Gasteiger partial charge in [0.1, 0.15) is 24.4 Å². The molecule has 0 aliphatic heterocycles. The number of nitrogens with one attached hydrogen (secondary N) is 1. The van der Waals surface area contributed by atoms with E-state index in [0.717, 1.165) is 0 Å². The molecule has 0 fully saturated rings. The molecule has 0 spiro atoms. The van der Waals surface area contributed by atoms with Crippen LogP contribution >= 0.6 is 0 Å². The zero-order valence-corrected chi connectivity index (χ0v) is 16.1. The van der Waals surface area contributed by atoms with Crippen molar-refractivity contribution in [3.05, 3.63) is 65.2 Å². The first-order valence-electron chi connectivity index (χ1n) is 8.97. The number of amides is 1. The van der Waals surface area contributed by atoms with Crippen molar-refractivity contribution in [2.75, 3.05) is 6.61 Å². The number of carbonyl (C=O) groups excluding carboxylic acids is 1. The van der Waals surface area contributed by atoms with E-state index < -0.39 is 24.3 Å². The minimum Gasteiger partial charge on any atom is -0.489 e. The minimum absolute atomic E-state index is 0.0272. The summed E-state index contributed by atoms with van der Waals surface area (Å²) in [6, 6.07) is 9.58. The van der Waals surface area contributed by atoms with Gasteiger partial charge in [0.15, 0.2) is 0 Å². The Bertz CT molecular complexity index is 1040. The van der Waals surface area contributed by atoms with Crippen LogP contribution in [0.4, 0.5) is 4.39 Å². The van der Waals surface area contributed by atoms with Crippen LogP contribution in [-0.2, 0) is 6.61 Å². The number of carbonyl (C=O) groups is 1. The molecule has 1 amide bonds. The number of nitrogens with zero attached hydrogens (tertiary/aromatic N) is 2. The van der Waals surface area contributed by atoms with E-state index in [4.69, 9.17) is 10.5 Å². The number of aryl methyl sites for hydroxylation is 1. The van der Waals surface area contributed by atoms with Gasteiger partial charge in [-0.3, -0.25) is 4.79 Å². The monoisotopic (exact) mass is 402 g/mol. The molecule has 2 unspecified atom stereocenters. The van der Waals surface area contributed by atoms with Crippen LogP contribution in [0.3, 0.4) is 0 Å². The molecule has 3 rings (SSSR count). The predicted molar refractivity (Wildman–Crippen MR) is 104 cm³/mol. The number of pyridine rings is 1. The highest BCUT2D eigenvalue weighted by Gasteiger charge is 2.33. The number of halogens is 1. The number of benzene rings is 1. The van der Waals surface area contributed by atoms with Gasteiger partial charge in [0.2, 0.25) is 0 Å². The summed E-state index contributed by atoms with van der Waals surface area (Å²) in [6.45, 7) is 2.57. The highest BCUT2D eigenvalue weighted by Crippen LogP contribution is 2.23. The fourth-order valence-corrected chi connectivity index (χ4v) is 2.82. The Kier molecular flexibility index (Phi) is 5.83. The maximum atomic E-state index is 13.8. The third kappa shape index (κ3) is 4.21. The summed E-state index contributed by atoms with van der Waals surface area (Å²) < 4.78 is 21.0. The summed E-state index contributed by atoms with van der Waals surface area (Å²) in [6.07, 6.45) is 0.164. The minimum atomic E-state index is -1.46. The lowest BCUT2D eigenvalue weighted by Crippen LogP contribution is -2.60. The second-order valence-corrected chi connectivity index (χ2v) is 7.01. The number of fused-ring (bicyclic) bond motifs is 1. The number of aliphatic hydroxyl groups is 2. The van der Waals surface area contributed by atoms with Crippen LogP contribution in [0.15, 0.2) is 42.6 Å². The molecule has 2 atom stereocenters. The average Bonchev–Trinajstić information content (AvgIpc) is 3.02. The molecule has 0 saturated heterocycles. The molecule has 5 N–H and O–H groups in total. The second-order valence-electron chi connectivity index (χ2n) is 7.01. The van der Waals surface area contributed by atoms with Gasteiger partial charge in [-0.1, -0.05) is 18.2 Å². The van der Waals surface area contributed by atoms with Crippen LogP contribution in [0.2, 0.25) is 0 Å². The quantitative estimate of drug-likeness (QED) is 0.439. The van der Waals surface area contributed by atoms with Crippen LogP contribution < -0.4 is 15.8 Å². The highest BCUT2D eigenvalue weighted by molar-refractivity contribution is 6.02. The first kappa shape index (κ1) is 20.7. The van der Waals surface area contributed by atoms with Crippen molar-refractivity contribution in [3.8, 4) is 5.75 Å². The molecule has 154 valence electrons. The van der Waals surface area contributed by atoms with E-state index in [1.807, 2.05) is 0 Å². The second kappa shape index (κ2) is 8.16. The van der Waals surface area contributed by atoms with E-state index in [-0.39, 0.29) is 18.0 Å². The average molecular weight is 402 g/mol. The standard InChI is InChI=1S/C20H23FN4O4/c1-12-17(18(27)23-20(2,11-26)19(22)28)16-9-14(7-8-25(16)24-12)29-10-13-5-3-4-6-15(13)21/h3-9,19,26,28H,10-11,22H2,1-2H3,(H,23,27). The molecule has 2 heterocycles. The van der Waals surface area contributed by atoms with Gasteiger partial charge in [-0.25, -0.2) is 8.91 Å². The molecule has 0 saturated carbocycles. The summed E-state index contributed by atoms with van der Waals surface area (Å²) in [5, 5.41) is 26.0. The number of ether oxygens (including phenoxy) is 1. The van der Waals surface area contributed by atoms with Crippen molar-refractivity contribution in [1.29, 1.82) is 0 Å². The summed E-state index contributed by atoms with van der Waals surface area (Å²) in [5.74, 6) is -0.485. The van der Waals surface area contributed by atoms with Crippen LogP contribution in [0, 0.1) is 12.7 Å². The molecule has 29 heavy (non-hydrogen) atoms. The zero-order chi connectivity index (χ0) is 21.2. The van der Waals surface area contributed by atoms with Crippen molar-refractivity contribution in [3.63, 3.8) is 0 Å². The smallest absolute Gasteiger partial charge is 0.256 e. The Labute approximate surface area is 166 Å². The maximum absolute atomic E-state index is 13.8. The molecular formula is C20H23FN4O4. The van der Waals surface area contributed by atoms with Gasteiger partial charge in [0.05, 0.1) is 28.9 Å². The Morgan fingerprint density at radius 1 is 1.41 bits per heavy atom. The molecule has 0 aliphatic carbocycles. The first-order valence-corrected chi connectivity index (χ1v) is 8.97. The highest BCUT2D eigenvalue weighted by atomic mass is 19.1. The molecule has 0 bridgehead atoms. The summed E-state index contributed by atoms with van der Waals surface area (Å²) in [4.78, 5) is 12.8. The fraction of sp³-hybridized carbons (Fsp3) is 0.300. The van der Waals surface area contributed by atoms with Gasteiger partial charge < -0.3 is 26.0 Å². The molecule has 9 heteroatoms. The first-order chi connectivity index (χ1) is 13.7. The normalized spacial score (nSPS) is 14.4. The number of hydrogen-bond acceptors (Lipinski definition) is 6. The van der Waals surface area contributed by atoms with Gasteiger partial charge in [-0.2, -0.15) is 5.10 Å². The van der Waals surface area contributed by atoms with Gasteiger partial charge in [0.25, 0.3) is 5.91 Å². The molecule has 3 aromatic rings. The summed E-state index contributed by atoms with van der Waals surface area (Å²) in [5.41, 5.74) is 5.62. The third-order valence-electron chi connectivity index (χ3n) is 4.74. The largest absolute Gasteiger partial charge is 0.489 e. The maximum Gasteiger partial charge on any atom is 0.256 e. The third-order valence-corrected chi connectivity index (χ3v) is 4.74. The Morgan fingerprint density at radius 2 is 2.14 bits per heavy atom.